The fourth-order valence-electron chi connectivity index (χ4n) is 3.45. The lowest BCUT2D eigenvalue weighted by molar-refractivity contribution is 0.102. The molecule has 4 rings (SSSR count). The third-order valence-corrected chi connectivity index (χ3v) is 6.47. The Morgan fingerprint density at radius 2 is 1.75 bits per heavy atom. The van der Waals surface area contributed by atoms with Crippen molar-refractivity contribution in [3.8, 4) is 5.75 Å². The quantitative estimate of drug-likeness (QED) is 0.553. The summed E-state index contributed by atoms with van der Waals surface area (Å²) < 4.78 is 5.12. The second kappa shape index (κ2) is 9.97. The second-order valence-electron chi connectivity index (χ2n) is 7.35. The molecule has 0 spiro atoms. The van der Waals surface area contributed by atoms with Crippen LogP contribution in [0.15, 0.2) is 48.5 Å². The Hall–Kier alpha value is -3.17. The lowest BCUT2D eigenvalue weighted by Gasteiger charge is -2.31. The Bertz CT molecular complexity index is 1090. The summed E-state index contributed by atoms with van der Waals surface area (Å²) in [5, 5.41) is 15.7. The Morgan fingerprint density at radius 3 is 2.47 bits per heavy atom. The molecular formula is C22H22ClN5O3S. The fourth-order valence-corrected chi connectivity index (χ4v) is 4.44. The van der Waals surface area contributed by atoms with Gasteiger partial charge in [0.2, 0.25) is 5.01 Å². The molecule has 0 aliphatic carbocycles. The third kappa shape index (κ3) is 5.35. The average molecular weight is 472 g/mol. The number of urea groups is 1. The van der Waals surface area contributed by atoms with Crippen LogP contribution in [0, 0.1) is 0 Å². The van der Waals surface area contributed by atoms with Crippen molar-refractivity contribution < 1.29 is 14.3 Å². The average Bonchev–Trinajstić information content (AvgIpc) is 3.32. The highest BCUT2D eigenvalue weighted by atomic mass is 35.5. The summed E-state index contributed by atoms with van der Waals surface area (Å²) in [6.07, 6.45) is 1.74. The molecule has 0 saturated carbocycles. The van der Waals surface area contributed by atoms with E-state index < -0.39 is 0 Å². The Labute approximate surface area is 194 Å². The molecule has 2 N–H and O–H groups in total. The van der Waals surface area contributed by atoms with Crippen LogP contribution in [-0.4, -0.2) is 47.2 Å². The zero-order valence-corrected chi connectivity index (χ0v) is 18.9. The van der Waals surface area contributed by atoms with E-state index in [0.717, 1.165) is 17.8 Å². The number of amides is 3. The van der Waals surface area contributed by atoms with Gasteiger partial charge in [-0.15, -0.1) is 10.2 Å². The summed E-state index contributed by atoms with van der Waals surface area (Å²) in [6, 6.07) is 13.9. The molecule has 1 aromatic heterocycles. The SMILES string of the molecule is COc1ccc(NC(=O)c2nnc([C@H]3CCCN(C(=O)Nc4ccc(Cl)cc4)C3)s2)cc1. The number of piperidine rings is 1. The number of nitrogens with one attached hydrogen (secondary N) is 2. The van der Waals surface area contributed by atoms with Crippen LogP contribution in [0.1, 0.15) is 33.6 Å². The first-order chi connectivity index (χ1) is 15.5. The van der Waals surface area contributed by atoms with E-state index in [2.05, 4.69) is 20.8 Å². The molecule has 8 nitrogen and oxygen atoms in total. The molecule has 3 amide bonds. The van der Waals surface area contributed by atoms with Gasteiger partial charge in [0, 0.05) is 35.4 Å². The highest BCUT2D eigenvalue weighted by Gasteiger charge is 2.28. The Balaban J connectivity index is 1.36. The number of aromatic nitrogens is 2. The normalized spacial score (nSPS) is 15.8. The molecule has 1 aliphatic rings. The largest absolute Gasteiger partial charge is 0.497 e. The summed E-state index contributed by atoms with van der Waals surface area (Å²) in [7, 11) is 1.59. The number of hydrogen-bond acceptors (Lipinski definition) is 6. The number of methoxy groups -OCH3 is 1. The molecule has 1 atom stereocenters. The molecule has 1 saturated heterocycles. The second-order valence-corrected chi connectivity index (χ2v) is 8.80. The first-order valence-electron chi connectivity index (χ1n) is 10.1. The summed E-state index contributed by atoms with van der Waals surface area (Å²) in [6.45, 7) is 1.19. The predicted molar refractivity (Wildman–Crippen MR) is 125 cm³/mol. The van der Waals surface area contributed by atoms with Crippen LogP contribution >= 0.6 is 22.9 Å². The smallest absolute Gasteiger partial charge is 0.321 e. The maximum Gasteiger partial charge on any atom is 0.321 e. The molecule has 0 bridgehead atoms. The van der Waals surface area contributed by atoms with Crippen LogP contribution in [0.4, 0.5) is 16.2 Å². The highest BCUT2D eigenvalue weighted by Crippen LogP contribution is 2.30. The lowest BCUT2D eigenvalue weighted by Crippen LogP contribution is -2.41. The third-order valence-electron chi connectivity index (χ3n) is 5.14. The maximum atomic E-state index is 12.7. The first-order valence-corrected chi connectivity index (χ1v) is 11.3. The van der Waals surface area contributed by atoms with E-state index >= 15 is 0 Å². The molecule has 0 radical (unpaired) electrons. The van der Waals surface area contributed by atoms with Gasteiger partial charge in [-0.2, -0.15) is 0 Å². The number of rotatable bonds is 5. The molecule has 166 valence electrons. The minimum Gasteiger partial charge on any atom is -0.497 e. The van der Waals surface area contributed by atoms with E-state index in [9.17, 15) is 9.59 Å². The number of nitrogens with zero attached hydrogens (tertiary/aromatic N) is 3. The van der Waals surface area contributed by atoms with Crippen molar-refractivity contribution in [2.75, 3.05) is 30.8 Å². The van der Waals surface area contributed by atoms with Gasteiger partial charge in [0.05, 0.1) is 7.11 Å². The molecule has 2 heterocycles. The van der Waals surface area contributed by atoms with E-state index in [0.29, 0.717) is 40.2 Å². The molecule has 2 aromatic carbocycles. The number of likely N-dealkylation sites (tertiary alicyclic amines) is 1. The van der Waals surface area contributed by atoms with Gasteiger partial charge in [0.1, 0.15) is 10.8 Å². The summed E-state index contributed by atoms with van der Waals surface area (Å²) >= 11 is 7.16. The molecule has 0 unspecified atom stereocenters. The van der Waals surface area contributed by atoms with Crippen LogP contribution in [-0.2, 0) is 0 Å². The maximum absolute atomic E-state index is 12.7. The van der Waals surface area contributed by atoms with Crippen molar-refractivity contribution in [3.05, 3.63) is 63.6 Å². The lowest BCUT2D eigenvalue weighted by atomic mass is 9.99. The topological polar surface area (TPSA) is 96.4 Å². The van der Waals surface area contributed by atoms with Gasteiger partial charge in [-0.1, -0.05) is 22.9 Å². The van der Waals surface area contributed by atoms with Gasteiger partial charge >= 0.3 is 6.03 Å². The minimum absolute atomic E-state index is 0.0414. The van der Waals surface area contributed by atoms with E-state index in [1.54, 1.807) is 60.5 Å². The van der Waals surface area contributed by atoms with Crippen LogP contribution in [0.5, 0.6) is 5.75 Å². The molecule has 1 aliphatic heterocycles. The molecular weight excluding hydrogens is 450 g/mol. The number of benzene rings is 2. The van der Waals surface area contributed by atoms with Gasteiger partial charge in [-0.25, -0.2) is 4.79 Å². The van der Waals surface area contributed by atoms with Crippen molar-refractivity contribution in [3.63, 3.8) is 0 Å². The van der Waals surface area contributed by atoms with Gasteiger partial charge in [-0.3, -0.25) is 4.79 Å². The van der Waals surface area contributed by atoms with Crippen molar-refractivity contribution in [2.45, 2.75) is 18.8 Å². The van der Waals surface area contributed by atoms with Gasteiger partial charge in [0.15, 0.2) is 0 Å². The van der Waals surface area contributed by atoms with Crippen LogP contribution in [0.3, 0.4) is 0 Å². The molecule has 1 fully saturated rings. The van der Waals surface area contributed by atoms with E-state index in [4.69, 9.17) is 16.3 Å². The van der Waals surface area contributed by atoms with E-state index in [1.165, 1.54) is 11.3 Å². The number of carbonyl (C=O) groups excluding carboxylic acids is 2. The molecule has 3 aromatic rings. The summed E-state index contributed by atoms with van der Waals surface area (Å²) in [5.41, 5.74) is 1.34. The standard InChI is InChI=1S/C22H22ClN5O3S/c1-31-18-10-8-16(9-11-18)24-19(29)21-27-26-20(32-21)14-3-2-12-28(13-14)22(30)25-17-6-4-15(23)5-7-17/h4-11,14H,2-3,12-13H2,1H3,(H,24,29)(H,25,30)/t14-/m0/s1. The Kier molecular flexibility index (Phi) is 6.87. The van der Waals surface area contributed by atoms with Crippen molar-refractivity contribution in [1.29, 1.82) is 0 Å². The Morgan fingerprint density at radius 1 is 1.06 bits per heavy atom. The number of halogens is 1. The van der Waals surface area contributed by atoms with Gasteiger partial charge in [0.25, 0.3) is 5.91 Å². The first kappa shape index (κ1) is 22.0. The number of ether oxygens (including phenoxy) is 1. The fraction of sp³-hybridized carbons (Fsp3) is 0.273. The van der Waals surface area contributed by atoms with Gasteiger partial charge in [-0.05, 0) is 61.4 Å². The van der Waals surface area contributed by atoms with Gasteiger partial charge < -0.3 is 20.3 Å². The van der Waals surface area contributed by atoms with E-state index in [-0.39, 0.29) is 17.9 Å². The summed E-state index contributed by atoms with van der Waals surface area (Å²) in [4.78, 5) is 27.0. The van der Waals surface area contributed by atoms with Crippen molar-refractivity contribution in [2.24, 2.45) is 0 Å². The van der Waals surface area contributed by atoms with Crippen molar-refractivity contribution >= 4 is 46.3 Å². The predicted octanol–water partition coefficient (Wildman–Crippen LogP) is 4.86. The van der Waals surface area contributed by atoms with Crippen LogP contribution in [0.2, 0.25) is 5.02 Å². The number of carbonyl (C=O) groups is 2. The van der Waals surface area contributed by atoms with E-state index in [1.807, 2.05) is 0 Å². The number of hydrogen-bond donors (Lipinski definition) is 2. The minimum atomic E-state index is -0.313. The van der Waals surface area contributed by atoms with Crippen molar-refractivity contribution in [1.82, 2.24) is 15.1 Å². The van der Waals surface area contributed by atoms with Crippen LogP contribution in [0.25, 0.3) is 0 Å². The van der Waals surface area contributed by atoms with Crippen LogP contribution < -0.4 is 15.4 Å². The number of anilines is 2. The summed E-state index contributed by atoms with van der Waals surface area (Å²) in [5.74, 6) is 0.440. The monoisotopic (exact) mass is 471 g/mol. The zero-order valence-electron chi connectivity index (χ0n) is 17.4. The molecule has 32 heavy (non-hydrogen) atoms. The molecule has 10 heteroatoms. The zero-order chi connectivity index (χ0) is 22.5. The highest BCUT2D eigenvalue weighted by molar-refractivity contribution is 7.13.